The first kappa shape index (κ1) is 28.8. The zero-order valence-electron chi connectivity index (χ0n) is 17.7. The molecule has 10 nitrogen and oxygen atoms in total. The fraction of sp³-hybridized carbons (Fsp3) is 0.895. The predicted octanol–water partition coefficient (Wildman–Crippen LogP) is 1.25. The molecule has 30 heavy (non-hydrogen) atoms. The summed E-state index contributed by atoms with van der Waals surface area (Å²) in [6, 6.07) is 0. The molecule has 178 valence electrons. The van der Waals surface area contributed by atoms with Crippen molar-refractivity contribution in [3.63, 3.8) is 0 Å². The van der Waals surface area contributed by atoms with Crippen LogP contribution in [-0.2, 0) is 28.5 Å². The van der Waals surface area contributed by atoms with Crippen molar-refractivity contribution in [2.45, 2.75) is 25.7 Å². The molecule has 0 heterocycles. The van der Waals surface area contributed by atoms with Gasteiger partial charge in [-0.05, 0) is 12.8 Å². The van der Waals surface area contributed by atoms with Crippen LogP contribution in [0.5, 0.6) is 0 Å². The van der Waals surface area contributed by atoms with E-state index in [2.05, 4.69) is 10.6 Å². The largest absolute Gasteiger partial charge is 0.465 e. The normalized spacial score (nSPS) is 10.8. The van der Waals surface area contributed by atoms with Gasteiger partial charge in [0.15, 0.2) is 0 Å². The zero-order valence-corrected chi connectivity index (χ0v) is 18.5. The Bertz CT molecular complexity index is 405. The number of nitrogens with one attached hydrogen (secondary N) is 2. The molecule has 0 fully saturated rings. The molecule has 0 aliphatic heterocycles. The van der Waals surface area contributed by atoms with Crippen LogP contribution in [0.3, 0.4) is 0 Å². The molecule has 0 saturated carbocycles. The minimum absolute atomic E-state index is 0.0342. The Morgan fingerprint density at radius 3 is 1.73 bits per heavy atom. The highest BCUT2D eigenvalue weighted by atomic mass is 35.5. The molecule has 0 unspecified atom stereocenters. The minimum atomic E-state index is -1.08. The summed E-state index contributed by atoms with van der Waals surface area (Å²) in [7, 11) is 0. The van der Waals surface area contributed by atoms with Crippen molar-refractivity contribution in [1.29, 1.82) is 0 Å². The van der Waals surface area contributed by atoms with Gasteiger partial charge in [-0.3, -0.25) is 4.79 Å². The quantitative estimate of drug-likeness (QED) is 0.155. The van der Waals surface area contributed by atoms with Crippen LogP contribution in [-0.4, -0.2) is 102 Å². The van der Waals surface area contributed by atoms with Crippen LogP contribution >= 0.6 is 11.6 Å². The van der Waals surface area contributed by atoms with E-state index in [0.717, 1.165) is 38.2 Å². The summed E-state index contributed by atoms with van der Waals surface area (Å²) in [5.41, 5.74) is 0. The van der Waals surface area contributed by atoms with Crippen molar-refractivity contribution >= 4 is 23.6 Å². The number of carbonyl (C=O) groups is 2. The van der Waals surface area contributed by atoms with Gasteiger partial charge in [-0.1, -0.05) is 12.8 Å². The zero-order chi connectivity index (χ0) is 22.1. The molecule has 0 saturated heterocycles. The lowest BCUT2D eigenvalue weighted by molar-refractivity contribution is -0.126. The number of carbonyl (C=O) groups excluding carboxylic acids is 1. The molecule has 0 aliphatic carbocycles. The maximum atomic E-state index is 11.6. The van der Waals surface area contributed by atoms with Gasteiger partial charge in [0.05, 0.1) is 52.9 Å². The third-order valence-corrected chi connectivity index (χ3v) is 3.88. The molecule has 3 N–H and O–H groups in total. The van der Waals surface area contributed by atoms with Gasteiger partial charge in [-0.2, -0.15) is 0 Å². The van der Waals surface area contributed by atoms with Gasteiger partial charge in [0.1, 0.15) is 6.61 Å². The van der Waals surface area contributed by atoms with Gasteiger partial charge >= 0.3 is 6.09 Å². The second kappa shape index (κ2) is 24.1. The molecule has 11 heteroatoms. The third kappa shape index (κ3) is 24.9. The van der Waals surface area contributed by atoms with Gasteiger partial charge in [0.2, 0.25) is 5.91 Å². The molecule has 0 spiro atoms. The number of amides is 2. The molecule has 0 atom stereocenters. The highest BCUT2D eigenvalue weighted by Crippen LogP contribution is 2.00. The lowest BCUT2D eigenvalue weighted by Gasteiger charge is -2.08. The van der Waals surface area contributed by atoms with Crippen LogP contribution in [0.25, 0.3) is 0 Å². The summed E-state index contributed by atoms with van der Waals surface area (Å²) in [5.74, 6) is 0.515. The summed E-state index contributed by atoms with van der Waals surface area (Å²) < 4.78 is 26.5. The average molecular weight is 457 g/mol. The van der Waals surface area contributed by atoms with Gasteiger partial charge in [0, 0.05) is 25.6 Å². The average Bonchev–Trinajstić information content (AvgIpc) is 2.72. The number of halogens is 1. The Kier molecular flexibility index (Phi) is 23.2. The van der Waals surface area contributed by atoms with Crippen molar-refractivity contribution in [3.8, 4) is 0 Å². The van der Waals surface area contributed by atoms with Crippen LogP contribution in [0.15, 0.2) is 0 Å². The van der Waals surface area contributed by atoms with E-state index in [1.165, 1.54) is 0 Å². The third-order valence-electron chi connectivity index (χ3n) is 3.61. The van der Waals surface area contributed by atoms with Gasteiger partial charge < -0.3 is 39.4 Å². The number of ether oxygens (including phenoxy) is 5. The Morgan fingerprint density at radius 1 is 0.633 bits per heavy atom. The van der Waals surface area contributed by atoms with Crippen LogP contribution < -0.4 is 10.6 Å². The first-order valence-electron chi connectivity index (χ1n) is 10.3. The summed E-state index contributed by atoms with van der Waals surface area (Å²) in [4.78, 5) is 21.8. The first-order valence-corrected chi connectivity index (χ1v) is 10.9. The molecule has 0 bridgehead atoms. The lowest BCUT2D eigenvalue weighted by atomic mass is 10.2. The maximum Gasteiger partial charge on any atom is 0.404 e. The van der Waals surface area contributed by atoms with Gasteiger partial charge in [-0.25, -0.2) is 4.79 Å². The molecule has 0 radical (unpaired) electrons. The van der Waals surface area contributed by atoms with E-state index in [4.69, 9.17) is 40.4 Å². The highest BCUT2D eigenvalue weighted by molar-refractivity contribution is 6.17. The summed E-state index contributed by atoms with van der Waals surface area (Å²) in [6.07, 6.45) is 3.30. The SMILES string of the molecule is O=C(O)NCCOCCOCCOCC(=O)NCCOCCOCCCCCCCl. The van der Waals surface area contributed by atoms with Crippen molar-refractivity contribution in [3.05, 3.63) is 0 Å². The topological polar surface area (TPSA) is 125 Å². The lowest BCUT2D eigenvalue weighted by Crippen LogP contribution is -2.31. The maximum absolute atomic E-state index is 11.6. The molecular formula is C19H37ClN2O8. The number of hydrogen-bond donors (Lipinski definition) is 3. The van der Waals surface area contributed by atoms with Gasteiger partial charge in [0.25, 0.3) is 0 Å². The Labute approximate surface area is 183 Å². The monoisotopic (exact) mass is 456 g/mol. The first-order chi connectivity index (χ1) is 14.7. The summed E-state index contributed by atoms with van der Waals surface area (Å²) in [6.45, 7) is 4.52. The predicted molar refractivity (Wildman–Crippen MR) is 112 cm³/mol. The van der Waals surface area contributed by atoms with E-state index in [0.29, 0.717) is 59.4 Å². The Morgan fingerprint density at radius 2 is 1.13 bits per heavy atom. The van der Waals surface area contributed by atoms with Crippen molar-refractivity contribution in [2.24, 2.45) is 0 Å². The fourth-order valence-electron chi connectivity index (χ4n) is 2.12. The van der Waals surface area contributed by atoms with E-state index in [1.54, 1.807) is 0 Å². The van der Waals surface area contributed by atoms with Crippen molar-refractivity contribution in [1.82, 2.24) is 10.6 Å². The Hall–Kier alpha value is -1.17. The van der Waals surface area contributed by atoms with Crippen molar-refractivity contribution in [2.75, 3.05) is 85.0 Å². The summed E-state index contributed by atoms with van der Waals surface area (Å²) in [5, 5.41) is 13.3. The van der Waals surface area contributed by atoms with Crippen LogP contribution in [0.2, 0.25) is 0 Å². The summed E-state index contributed by atoms with van der Waals surface area (Å²) >= 11 is 5.61. The van der Waals surface area contributed by atoms with Crippen molar-refractivity contribution < 1.29 is 38.4 Å². The van der Waals surface area contributed by atoms with E-state index in [-0.39, 0.29) is 19.1 Å². The smallest absolute Gasteiger partial charge is 0.404 e. The fourth-order valence-corrected chi connectivity index (χ4v) is 2.31. The number of alkyl halides is 1. The Balaban J connectivity index is 3.16. The molecule has 0 aromatic carbocycles. The molecule has 0 aliphatic rings. The van der Waals surface area contributed by atoms with E-state index in [1.807, 2.05) is 0 Å². The molecule has 0 aromatic rings. The molecule has 0 aromatic heterocycles. The minimum Gasteiger partial charge on any atom is -0.465 e. The second-order valence-corrected chi connectivity index (χ2v) is 6.57. The number of carboxylic acid groups (broad SMARTS) is 1. The molecular weight excluding hydrogens is 420 g/mol. The van der Waals surface area contributed by atoms with Crippen LogP contribution in [0.1, 0.15) is 25.7 Å². The van der Waals surface area contributed by atoms with E-state index in [9.17, 15) is 9.59 Å². The number of unbranched alkanes of at least 4 members (excludes halogenated alkanes) is 3. The van der Waals surface area contributed by atoms with E-state index < -0.39 is 6.09 Å². The number of rotatable bonds is 23. The standard InChI is InChI=1S/C19H37ClN2O8/c20-5-3-1-2-4-8-26-11-12-27-9-6-21-18(23)17-30-16-15-29-14-13-28-10-7-22-19(24)25/h22H,1-17H2,(H,21,23)(H,24,25). The molecule has 0 rings (SSSR count). The second-order valence-electron chi connectivity index (χ2n) is 6.19. The number of hydrogen-bond acceptors (Lipinski definition) is 7. The van der Waals surface area contributed by atoms with E-state index >= 15 is 0 Å². The van der Waals surface area contributed by atoms with Crippen LogP contribution in [0.4, 0.5) is 4.79 Å². The van der Waals surface area contributed by atoms with Gasteiger partial charge in [-0.15, -0.1) is 11.6 Å². The van der Waals surface area contributed by atoms with Crippen LogP contribution in [0, 0.1) is 0 Å². The molecule has 2 amide bonds. The highest BCUT2D eigenvalue weighted by Gasteiger charge is 2.01.